The number of nitrogens with one attached hydrogen (secondary N) is 1. The second-order valence-electron chi connectivity index (χ2n) is 6.43. The molecule has 1 heterocycles. The fourth-order valence-electron chi connectivity index (χ4n) is 2.84. The van der Waals surface area contributed by atoms with Crippen molar-refractivity contribution in [3.8, 4) is 11.5 Å². The average Bonchev–Trinajstić information content (AvgIpc) is 2.96. The van der Waals surface area contributed by atoms with Gasteiger partial charge in [0.15, 0.2) is 11.5 Å². The molecular formula is C21H23FN2O4. The van der Waals surface area contributed by atoms with Gasteiger partial charge in [-0.1, -0.05) is 12.1 Å². The number of carbonyl (C=O) groups is 2. The Morgan fingerprint density at radius 2 is 1.79 bits per heavy atom. The SMILES string of the molecule is CCN(CC(=O)NCc1ccc(F)cc1)C(=O)c1ccc2c(c1)OCCCO2. The lowest BCUT2D eigenvalue weighted by molar-refractivity contribution is -0.121. The predicted octanol–water partition coefficient (Wildman–Crippen LogP) is 2.77. The van der Waals surface area contributed by atoms with Crippen LogP contribution in [0.5, 0.6) is 11.5 Å². The highest BCUT2D eigenvalue weighted by atomic mass is 19.1. The lowest BCUT2D eigenvalue weighted by Gasteiger charge is -2.21. The predicted molar refractivity (Wildman–Crippen MR) is 102 cm³/mol. The summed E-state index contributed by atoms with van der Waals surface area (Å²) >= 11 is 0. The van der Waals surface area contributed by atoms with Gasteiger partial charge in [-0.2, -0.15) is 0 Å². The summed E-state index contributed by atoms with van der Waals surface area (Å²) in [5, 5.41) is 2.75. The number of amides is 2. The maximum atomic E-state index is 12.9. The molecule has 0 saturated heterocycles. The van der Waals surface area contributed by atoms with E-state index < -0.39 is 0 Å². The van der Waals surface area contributed by atoms with E-state index in [0.717, 1.165) is 12.0 Å². The van der Waals surface area contributed by atoms with E-state index in [1.807, 2.05) is 6.92 Å². The van der Waals surface area contributed by atoms with E-state index in [4.69, 9.17) is 9.47 Å². The minimum Gasteiger partial charge on any atom is -0.490 e. The molecule has 0 spiro atoms. The fraction of sp³-hybridized carbons (Fsp3) is 0.333. The maximum Gasteiger partial charge on any atom is 0.254 e. The molecule has 148 valence electrons. The number of likely N-dealkylation sites (N-methyl/N-ethyl adjacent to an activating group) is 1. The Morgan fingerprint density at radius 3 is 2.50 bits per heavy atom. The van der Waals surface area contributed by atoms with Crippen LogP contribution >= 0.6 is 0 Å². The quantitative estimate of drug-likeness (QED) is 0.829. The number of fused-ring (bicyclic) bond motifs is 1. The van der Waals surface area contributed by atoms with Crippen LogP contribution in [0, 0.1) is 5.82 Å². The minimum atomic E-state index is -0.326. The molecular weight excluding hydrogens is 363 g/mol. The topological polar surface area (TPSA) is 67.9 Å². The molecule has 1 aliphatic heterocycles. The average molecular weight is 386 g/mol. The van der Waals surface area contributed by atoms with Crippen LogP contribution < -0.4 is 14.8 Å². The van der Waals surface area contributed by atoms with E-state index in [0.29, 0.717) is 36.8 Å². The van der Waals surface area contributed by atoms with Crippen LogP contribution in [0.1, 0.15) is 29.3 Å². The van der Waals surface area contributed by atoms with E-state index in [9.17, 15) is 14.0 Å². The second kappa shape index (κ2) is 9.21. The Kier molecular flexibility index (Phi) is 6.47. The van der Waals surface area contributed by atoms with Crippen LogP contribution in [-0.2, 0) is 11.3 Å². The van der Waals surface area contributed by atoms with Gasteiger partial charge in [-0.3, -0.25) is 9.59 Å². The molecule has 7 heteroatoms. The van der Waals surface area contributed by atoms with Gasteiger partial charge in [0.05, 0.1) is 19.8 Å². The van der Waals surface area contributed by atoms with Crippen molar-refractivity contribution in [3.63, 3.8) is 0 Å². The number of rotatable bonds is 6. The molecule has 0 aliphatic carbocycles. The van der Waals surface area contributed by atoms with Gasteiger partial charge in [0, 0.05) is 25.1 Å². The summed E-state index contributed by atoms with van der Waals surface area (Å²) in [7, 11) is 0. The molecule has 0 unspecified atom stereocenters. The Hall–Kier alpha value is -3.09. The Labute approximate surface area is 163 Å². The van der Waals surface area contributed by atoms with Crippen molar-refractivity contribution in [2.45, 2.75) is 19.9 Å². The molecule has 0 atom stereocenters. The highest BCUT2D eigenvalue weighted by molar-refractivity contribution is 5.97. The molecule has 0 fully saturated rings. The first-order valence-corrected chi connectivity index (χ1v) is 9.27. The summed E-state index contributed by atoms with van der Waals surface area (Å²) in [5.41, 5.74) is 1.23. The lowest BCUT2D eigenvalue weighted by atomic mass is 10.1. The largest absolute Gasteiger partial charge is 0.490 e. The van der Waals surface area contributed by atoms with Gasteiger partial charge in [0.25, 0.3) is 5.91 Å². The highest BCUT2D eigenvalue weighted by Gasteiger charge is 2.20. The summed E-state index contributed by atoms with van der Waals surface area (Å²) in [6.45, 7) is 3.52. The first-order chi connectivity index (χ1) is 13.6. The number of ether oxygens (including phenoxy) is 2. The van der Waals surface area contributed by atoms with Crippen LogP contribution in [0.25, 0.3) is 0 Å². The molecule has 0 saturated carbocycles. The first kappa shape index (κ1) is 19.7. The van der Waals surface area contributed by atoms with Crippen molar-refractivity contribution in [2.75, 3.05) is 26.3 Å². The van der Waals surface area contributed by atoms with E-state index in [1.54, 1.807) is 30.3 Å². The van der Waals surface area contributed by atoms with E-state index in [2.05, 4.69) is 5.32 Å². The summed E-state index contributed by atoms with van der Waals surface area (Å²) in [4.78, 5) is 26.5. The molecule has 2 aromatic carbocycles. The Bertz CT molecular complexity index is 839. The summed E-state index contributed by atoms with van der Waals surface area (Å²) in [6, 6.07) is 10.9. The molecule has 0 aromatic heterocycles. The lowest BCUT2D eigenvalue weighted by Crippen LogP contribution is -2.40. The van der Waals surface area contributed by atoms with E-state index >= 15 is 0 Å². The van der Waals surface area contributed by atoms with Gasteiger partial charge in [-0.15, -0.1) is 0 Å². The third-order valence-electron chi connectivity index (χ3n) is 4.40. The number of nitrogens with zero attached hydrogens (tertiary/aromatic N) is 1. The third kappa shape index (κ3) is 5.00. The van der Waals surface area contributed by atoms with Crippen molar-refractivity contribution in [1.29, 1.82) is 0 Å². The monoisotopic (exact) mass is 386 g/mol. The summed E-state index contributed by atoms with van der Waals surface area (Å²) in [5.74, 6) is 0.297. The van der Waals surface area contributed by atoms with Gasteiger partial charge < -0.3 is 19.7 Å². The molecule has 6 nitrogen and oxygen atoms in total. The van der Waals surface area contributed by atoms with Gasteiger partial charge in [0.2, 0.25) is 5.91 Å². The van der Waals surface area contributed by atoms with Crippen molar-refractivity contribution in [1.82, 2.24) is 10.2 Å². The molecule has 2 aromatic rings. The molecule has 28 heavy (non-hydrogen) atoms. The summed E-state index contributed by atoms with van der Waals surface area (Å²) in [6.07, 6.45) is 0.785. The molecule has 2 amide bonds. The van der Waals surface area contributed by atoms with E-state index in [1.165, 1.54) is 17.0 Å². The second-order valence-corrected chi connectivity index (χ2v) is 6.43. The van der Waals surface area contributed by atoms with Crippen LogP contribution in [0.15, 0.2) is 42.5 Å². The van der Waals surface area contributed by atoms with Crippen molar-refractivity contribution in [2.24, 2.45) is 0 Å². The smallest absolute Gasteiger partial charge is 0.254 e. The van der Waals surface area contributed by atoms with Crippen molar-refractivity contribution >= 4 is 11.8 Å². The zero-order chi connectivity index (χ0) is 19.9. The number of carbonyl (C=O) groups excluding carboxylic acids is 2. The van der Waals surface area contributed by atoms with Gasteiger partial charge in [0.1, 0.15) is 5.82 Å². The Balaban J connectivity index is 1.60. The van der Waals surface area contributed by atoms with Crippen molar-refractivity contribution < 1.29 is 23.5 Å². The van der Waals surface area contributed by atoms with E-state index in [-0.39, 0.29) is 30.7 Å². The molecule has 1 aliphatic rings. The van der Waals surface area contributed by atoms with Crippen LogP contribution in [-0.4, -0.2) is 43.0 Å². The first-order valence-electron chi connectivity index (χ1n) is 9.27. The zero-order valence-corrected chi connectivity index (χ0v) is 15.7. The van der Waals surface area contributed by atoms with Gasteiger partial charge in [-0.05, 0) is 42.8 Å². The number of benzene rings is 2. The third-order valence-corrected chi connectivity index (χ3v) is 4.40. The van der Waals surface area contributed by atoms with Gasteiger partial charge >= 0.3 is 0 Å². The maximum absolute atomic E-state index is 12.9. The number of hydrogen-bond acceptors (Lipinski definition) is 4. The van der Waals surface area contributed by atoms with Gasteiger partial charge in [-0.25, -0.2) is 4.39 Å². The fourth-order valence-corrected chi connectivity index (χ4v) is 2.84. The number of halogens is 1. The standard InChI is InChI=1S/C21H23FN2O4/c1-2-24(14-20(25)23-13-15-4-7-17(22)8-5-15)21(26)16-6-9-18-19(12-16)28-11-3-10-27-18/h4-9,12H,2-3,10-11,13-14H2,1H3,(H,23,25). The van der Waals surface area contributed by atoms with Crippen molar-refractivity contribution in [3.05, 3.63) is 59.4 Å². The highest BCUT2D eigenvalue weighted by Crippen LogP contribution is 2.30. The minimum absolute atomic E-state index is 0.0645. The molecule has 0 radical (unpaired) electrons. The summed E-state index contributed by atoms with van der Waals surface area (Å²) < 4.78 is 24.1. The molecule has 3 rings (SSSR count). The molecule has 0 bridgehead atoms. The molecule has 1 N–H and O–H groups in total. The van der Waals surface area contributed by atoms with Crippen LogP contribution in [0.2, 0.25) is 0 Å². The zero-order valence-electron chi connectivity index (χ0n) is 15.7. The van der Waals surface area contributed by atoms with Crippen LogP contribution in [0.3, 0.4) is 0 Å². The number of hydrogen-bond donors (Lipinski definition) is 1. The van der Waals surface area contributed by atoms with Crippen LogP contribution in [0.4, 0.5) is 4.39 Å². The Morgan fingerprint density at radius 1 is 1.07 bits per heavy atom. The normalized spacial score (nSPS) is 12.8.